The standard InChI is InChI=1S/C5H11.BrH.Zn/c1-3-5-4-2;;/h5H,3-4H2,1-2H3;1H;/p-1. The van der Waals surface area contributed by atoms with Gasteiger partial charge in [-0.2, -0.15) is 0 Å². The Labute approximate surface area is 69.6 Å². The molecule has 41 valence electrons. The second kappa shape index (κ2) is 15.7. The largest absolute Gasteiger partial charge is 1.00 e. The molecule has 0 aromatic carbocycles. The summed E-state index contributed by atoms with van der Waals surface area (Å²) in [6, 6.07) is 0. The Morgan fingerprint density at radius 3 is 1.43 bits per heavy atom. The second-order valence-electron chi connectivity index (χ2n) is 1.11. The molecule has 0 amide bonds. The number of hydrogen-bond donors (Lipinski definition) is 0. The smallest absolute Gasteiger partial charge is 0 e. The van der Waals surface area contributed by atoms with Gasteiger partial charge in [-0.1, -0.05) is 26.7 Å². The van der Waals surface area contributed by atoms with Gasteiger partial charge in [0.05, 0.1) is 0 Å². The fourth-order valence-corrected chi connectivity index (χ4v) is 0.289. The van der Waals surface area contributed by atoms with Gasteiger partial charge in [-0.05, 0) is 6.42 Å². The molecule has 1 radical (unpaired) electrons. The van der Waals surface area contributed by atoms with Crippen LogP contribution in [0.2, 0.25) is 0 Å². The van der Waals surface area contributed by atoms with Crippen LogP contribution in [0.5, 0.6) is 0 Å². The molecule has 0 heterocycles. The van der Waals surface area contributed by atoms with Crippen LogP contribution >= 0.6 is 0 Å². The molecule has 0 unspecified atom stereocenters. The maximum Gasteiger partial charge on any atom is 0 e. The minimum Gasteiger partial charge on any atom is -1.00 e. The van der Waals surface area contributed by atoms with Crippen molar-refractivity contribution in [3.63, 3.8) is 0 Å². The van der Waals surface area contributed by atoms with Crippen molar-refractivity contribution >= 4 is 0 Å². The third kappa shape index (κ3) is 19.2. The zero-order valence-corrected chi connectivity index (χ0v) is 9.63. The fourth-order valence-electron chi connectivity index (χ4n) is 0.289. The van der Waals surface area contributed by atoms with Gasteiger partial charge >= 0.3 is 0 Å². The Kier molecular flexibility index (Phi) is 35.2. The van der Waals surface area contributed by atoms with Gasteiger partial charge in [0, 0.05) is 19.5 Å². The summed E-state index contributed by atoms with van der Waals surface area (Å²) >= 11 is 0. The first kappa shape index (κ1) is 15.7. The van der Waals surface area contributed by atoms with Gasteiger partial charge in [-0.3, -0.25) is 0 Å². The van der Waals surface area contributed by atoms with Gasteiger partial charge in [-0.15, -0.1) is 0 Å². The minimum absolute atomic E-state index is 0. The molecule has 0 N–H and O–H groups in total. The Balaban J connectivity index is -0.0000000800. The molecule has 0 aromatic rings. The average Bonchev–Trinajstić information content (AvgIpc) is 1.41. The van der Waals surface area contributed by atoms with E-state index < -0.39 is 0 Å². The monoisotopic (exact) mass is 214 g/mol. The van der Waals surface area contributed by atoms with Crippen LogP contribution in [0.15, 0.2) is 0 Å². The van der Waals surface area contributed by atoms with Crippen LogP contribution in [-0.4, -0.2) is 0 Å². The zero-order valence-electron chi connectivity index (χ0n) is 5.08. The summed E-state index contributed by atoms with van der Waals surface area (Å²) in [4.78, 5) is 0. The van der Waals surface area contributed by atoms with Crippen molar-refractivity contribution in [2.45, 2.75) is 26.7 Å². The number of unbranched alkanes of at least 4 members (excludes halogenated alkanes) is 2. The van der Waals surface area contributed by atoms with Gasteiger partial charge in [0.25, 0.3) is 0 Å². The van der Waals surface area contributed by atoms with Crippen molar-refractivity contribution in [2.24, 2.45) is 0 Å². The predicted molar refractivity (Wildman–Crippen MR) is 24.9 cm³/mol. The van der Waals surface area contributed by atoms with Crippen LogP contribution in [0.4, 0.5) is 0 Å². The van der Waals surface area contributed by atoms with E-state index >= 15 is 0 Å². The molecule has 0 atom stereocenters. The molecule has 0 rings (SSSR count). The molecular formula is C5H11BrZn-. The first-order valence-corrected chi connectivity index (χ1v) is 2.23. The van der Waals surface area contributed by atoms with Crippen LogP contribution < -0.4 is 17.0 Å². The third-order valence-electron chi connectivity index (χ3n) is 0.577. The topological polar surface area (TPSA) is 0 Å². The molecule has 0 spiro atoms. The van der Waals surface area contributed by atoms with Crippen LogP contribution in [0.25, 0.3) is 0 Å². The van der Waals surface area contributed by atoms with Crippen LogP contribution in [-0.2, 0) is 19.5 Å². The van der Waals surface area contributed by atoms with Gasteiger partial charge < -0.3 is 17.0 Å². The summed E-state index contributed by atoms with van der Waals surface area (Å²) in [5, 5.41) is 0. The quantitative estimate of drug-likeness (QED) is 0.520. The normalized spacial score (nSPS) is 6.00. The molecular weight excluding hydrogens is 205 g/mol. The maximum atomic E-state index is 2.25. The van der Waals surface area contributed by atoms with Crippen molar-refractivity contribution in [3.05, 3.63) is 6.42 Å². The third-order valence-corrected chi connectivity index (χ3v) is 0.577. The van der Waals surface area contributed by atoms with Crippen molar-refractivity contribution in [1.82, 2.24) is 0 Å². The number of rotatable bonds is 2. The molecule has 0 aliphatic rings. The van der Waals surface area contributed by atoms with E-state index in [4.69, 9.17) is 0 Å². The van der Waals surface area contributed by atoms with E-state index in [1.807, 2.05) is 0 Å². The summed E-state index contributed by atoms with van der Waals surface area (Å²) < 4.78 is 0. The predicted octanol–water partition coefficient (Wildman–Crippen LogP) is -0.988. The van der Waals surface area contributed by atoms with Crippen molar-refractivity contribution in [2.75, 3.05) is 0 Å². The molecule has 7 heavy (non-hydrogen) atoms. The van der Waals surface area contributed by atoms with E-state index in [-0.39, 0.29) is 36.5 Å². The summed E-state index contributed by atoms with van der Waals surface area (Å²) in [5.41, 5.74) is 0. The van der Waals surface area contributed by atoms with Gasteiger partial charge in [-0.25, -0.2) is 0 Å². The molecule has 0 nitrogen and oxygen atoms in total. The molecule has 0 saturated heterocycles. The van der Waals surface area contributed by atoms with E-state index in [1.54, 1.807) is 0 Å². The molecule has 0 bridgehead atoms. The molecule has 0 saturated carbocycles. The number of hydrogen-bond acceptors (Lipinski definition) is 0. The number of halogens is 1. The van der Waals surface area contributed by atoms with Crippen LogP contribution in [0.3, 0.4) is 0 Å². The van der Waals surface area contributed by atoms with Crippen LogP contribution in [0.1, 0.15) is 26.7 Å². The van der Waals surface area contributed by atoms with Crippen molar-refractivity contribution < 1.29 is 36.5 Å². The Bertz CT molecular complexity index is 15.6. The van der Waals surface area contributed by atoms with E-state index in [9.17, 15) is 0 Å². The Hall–Kier alpha value is 1.10. The van der Waals surface area contributed by atoms with Crippen molar-refractivity contribution in [1.29, 1.82) is 0 Å². The Morgan fingerprint density at radius 1 is 1.14 bits per heavy atom. The Morgan fingerprint density at radius 2 is 1.43 bits per heavy atom. The van der Waals surface area contributed by atoms with Crippen LogP contribution in [0, 0.1) is 6.42 Å². The first-order chi connectivity index (χ1) is 2.41. The van der Waals surface area contributed by atoms with E-state index in [0.29, 0.717) is 0 Å². The molecule has 0 aromatic heterocycles. The molecule has 0 aliphatic carbocycles. The average molecular weight is 216 g/mol. The summed E-state index contributed by atoms with van der Waals surface area (Å²) in [6.07, 6.45) is 4.69. The molecule has 0 fully saturated rings. The SMILES string of the molecule is CC[CH]CC.[Br-].[Zn]. The zero-order chi connectivity index (χ0) is 4.12. The second-order valence-corrected chi connectivity index (χ2v) is 1.11. The maximum absolute atomic E-state index is 2.25. The fraction of sp³-hybridized carbons (Fsp3) is 0.800. The molecule has 2 heteroatoms. The van der Waals surface area contributed by atoms with Crippen molar-refractivity contribution in [3.8, 4) is 0 Å². The first-order valence-electron chi connectivity index (χ1n) is 2.23. The molecule has 0 aliphatic heterocycles. The van der Waals surface area contributed by atoms with Gasteiger partial charge in [0.2, 0.25) is 0 Å². The van der Waals surface area contributed by atoms with Gasteiger partial charge in [0.1, 0.15) is 0 Å². The van der Waals surface area contributed by atoms with E-state index in [2.05, 4.69) is 20.3 Å². The van der Waals surface area contributed by atoms with E-state index in [1.165, 1.54) is 12.8 Å². The minimum atomic E-state index is 0. The summed E-state index contributed by atoms with van der Waals surface area (Å²) in [5.74, 6) is 0. The van der Waals surface area contributed by atoms with Gasteiger partial charge in [0.15, 0.2) is 0 Å². The summed E-state index contributed by atoms with van der Waals surface area (Å²) in [6.45, 7) is 4.31. The van der Waals surface area contributed by atoms with E-state index in [0.717, 1.165) is 0 Å². The summed E-state index contributed by atoms with van der Waals surface area (Å²) in [7, 11) is 0.